The van der Waals surface area contributed by atoms with Crippen molar-refractivity contribution in [3.8, 4) is 22.3 Å². The zero-order chi connectivity index (χ0) is 30.8. The molecule has 0 aliphatic carbocycles. The molecule has 0 atom stereocenters. The van der Waals surface area contributed by atoms with E-state index in [9.17, 15) is 16.8 Å². The van der Waals surface area contributed by atoms with Gasteiger partial charge in [-0.2, -0.15) is 0 Å². The molecule has 0 amide bonds. The van der Waals surface area contributed by atoms with Gasteiger partial charge in [-0.3, -0.25) is 19.9 Å². The van der Waals surface area contributed by atoms with Crippen LogP contribution in [0.3, 0.4) is 0 Å². The van der Waals surface area contributed by atoms with Crippen LogP contribution in [-0.4, -0.2) is 49.3 Å². The van der Waals surface area contributed by atoms with E-state index in [-0.39, 0.29) is 0 Å². The Labute approximate surface area is 258 Å². The van der Waals surface area contributed by atoms with E-state index in [4.69, 9.17) is 0 Å². The van der Waals surface area contributed by atoms with Gasteiger partial charge in [-0.1, -0.05) is 52.3 Å². The van der Waals surface area contributed by atoms with Crippen LogP contribution >= 0.6 is 15.9 Å². The van der Waals surface area contributed by atoms with Gasteiger partial charge in [-0.25, -0.2) is 16.8 Å². The number of nitrogens with zero attached hydrogens (tertiary/aromatic N) is 4. The second-order valence-electron chi connectivity index (χ2n) is 9.94. The molecule has 0 N–H and O–H groups in total. The van der Waals surface area contributed by atoms with Crippen molar-refractivity contribution >= 4 is 57.7 Å². The number of rotatable bonds is 5. The van der Waals surface area contributed by atoms with Crippen molar-refractivity contribution in [2.75, 3.05) is 12.5 Å². The fraction of sp³-hybridized carbons (Fsp3) is 0.125. The lowest BCUT2D eigenvalue weighted by molar-refractivity contribution is 0.600. The highest BCUT2D eigenvalue weighted by molar-refractivity contribution is 9.08. The van der Waals surface area contributed by atoms with E-state index in [1.165, 1.54) is 12.5 Å². The summed E-state index contributed by atoms with van der Waals surface area (Å²) in [6.07, 6.45) is 8.99. The predicted molar refractivity (Wildman–Crippen MR) is 174 cm³/mol. The van der Waals surface area contributed by atoms with Crippen LogP contribution in [-0.2, 0) is 25.0 Å². The molecule has 2 aromatic heterocycles. The molecule has 0 radical (unpaired) electrons. The third-order valence-corrected chi connectivity index (χ3v) is 9.72. The molecule has 0 aliphatic heterocycles. The summed E-state index contributed by atoms with van der Waals surface area (Å²) in [5.41, 5.74) is 8.13. The van der Waals surface area contributed by atoms with Gasteiger partial charge in [0, 0.05) is 53.8 Å². The van der Waals surface area contributed by atoms with E-state index >= 15 is 0 Å². The van der Waals surface area contributed by atoms with Crippen molar-refractivity contribution in [3.05, 3.63) is 109 Å². The van der Waals surface area contributed by atoms with Gasteiger partial charge in [0.25, 0.3) is 0 Å². The Kier molecular flexibility index (Phi) is 8.68. The van der Waals surface area contributed by atoms with E-state index in [0.29, 0.717) is 26.2 Å². The molecule has 43 heavy (non-hydrogen) atoms. The SMILES string of the molecule is CS(=O)(=O)c1ccccc1-c1cc2nccnc2cc1CBr.Cc1cc2nccnc2cc1-c1ccccc1S(C)(=O)=O. The Morgan fingerprint density at radius 1 is 0.558 bits per heavy atom. The zero-order valence-corrected chi connectivity index (χ0v) is 26.8. The first kappa shape index (κ1) is 30.4. The lowest BCUT2D eigenvalue weighted by Crippen LogP contribution is -2.01. The topological polar surface area (TPSA) is 120 Å². The van der Waals surface area contributed by atoms with Crippen LogP contribution in [0.4, 0.5) is 0 Å². The molecule has 0 unspecified atom stereocenters. The molecule has 11 heteroatoms. The number of halogens is 1. The summed E-state index contributed by atoms with van der Waals surface area (Å²) in [5.74, 6) is 0. The number of hydrogen-bond donors (Lipinski definition) is 0. The van der Waals surface area contributed by atoms with Gasteiger partial charge in [-0.15, -0.1) is 0 Å². The Bertz CT molecular complexity index is 2210. The number of aromatic nitrogens is 4. The third kappa shape index (κ3) is 6.64. The maximum Gasteiger partial charge on any atom is 0.176 e. The average molecular weight is 676 g/mol. The van der Waals surface area contributed by atoms with Crippen molar-refractivity contribution < 1.29 is 16.8 Å². The van der Waals surface area contributed by atoms with Crippen LogP contribution < -0.4 is 0 Å². The molecule has 0 bridgehead atoms. The van der Waals surface area contributed by atoms with Gasteiger partial charge < -0.3 is 0 Å². The van der Waals surface area contributed by atoms with Crippen molar-refractivity contribution in [1.29, 1.82) is 0 Å². The summed E-state index contributed by atoms with van der Waals surface area (Å²) in [4.78, 5) is 17.8. The van der Waals surface area contributed by atoms with Gasteiger partial charge >= 0.3 is 0 Å². The van der Waals surface area contributed by atoms with Gasteiger partial charge in [-0.05, 0) is 65.6 Å². The van der Waals surface area contributed by atoms with Gasteiger partial charge in [0.1, 0.15) is 0 Å². The average Bonchev–Trinajstić information content (AvgIpc) is 2.99. The van der Waals surface area contributed by atoms with Crippen LogP contribution in [0.1, 0.15) is 11.1 Å². The van der Waals surface area contributed by atoms with E-state index in [2.05, 4.69) is 35.9 Å². The number of fused-ring (bicyclic) bond motifs is 2. The second-order valence-corrected chi connectivity index (χ2v) is 14.5. The first-order valence-corrected chi connectivity index (χ1v) is 18.0. The molecule has 6 aromatic rings. The standard InChI is InChI=1S/C16H13BrN2O2S.C16H14N2O2S/c1-22(20,21)16-5-3-2-4-12(16)13-9-15-14(8-11(13)10-17)18-6-7-19-15;1-11-9-14-15(18-8-7-17-14)10-13(11)12-5-3-4-6-16(12)21(2,19)20/h2-9H,10H2,1H3;3-10H,1-2H3. The van der Waals surface area contributed by atoms with Crippen LogP contribution in [0.15, 0.2) is 107 Å². The van der Waals surface area contributed by atoms with Crippen molar-refractivity contribution in [2.45, 2.75) is 22.0 Å². The minimum Gasteiger partial charge on any atom is -0.253 e. The minimum absolute atomic E-state index is 0.320. The molecule has 0 fully saturated rings. The summed E-state index contributed by atoms with van der Waals surface area (Å²) in [7, 11) is -6.60. The molecule has 0 spiro atoms. The Morgan fingerprint density at radius 3 is 1.42 bits per heavy atom. The largest absolute Gasteiger partial charge is 0.253 e. The molecule has 2 heterocycles. The second kappa shape index (κ2) is 12.3. The lowest BCUT2D eigenvalue weighted by Gasteiger charge is -2.12. The monoisotopic (exact) mass is 674 g/mol. The molecule has 218 valence electrons. The molecule has 8 nitrogen and oxygen atoms in total. The maximum absolute atomic E-state index is 12.1. The van der Waals surface area contributed by atoms with Crippen LogP contribution in [0.5, 0.6) is 0 Å². The number of aryl methyl sites for hydroxylation is 1. The Morgan fingerprint density at radius 2 is 0.953 bits per heavy atom. The molecule has 6 rings (SSSR count). The van der Waals surface area contributed by atoms with Crippen LogP contribution in [0.2, 0.25) is 0 Å². The van der Waals surface area contributed by atoms with Crippen molar-refractivity contribution in [3.63, 3.8) is 0 Å². The van der Waals surface area contributed by atoms with E-state index in [1.807, 2.05) is 55.5 Å². The zero-order valence-electron chi connectivity index (χ0n) is 23.6. The van der Waals surface area contributed by atoms with Gasteiger partial charge in [0.05, 0.1) is 31.9 Å². The van der Waals surface area contributed by atoms with Crippen LogP contribution in [0, 0.1) is 6.92 Å². The number of benzene rings is 4. The number of alkyl halides is 1. The predicted octanol–water partition coefficient (Wildman–Crippen LogP) is 6.60. The normalized spacial score (nSPS) is 11.7. The third-order valence-electron chi connectivity index (χ3n) is 6.81. The van der Waals surface area contributed by atoms with Gasteiger partial charge in [0.15, 0.2) is 19.7 Å². The molecule has 0 saturated carbocycles. The smallest absolute Gasteiger partial charge is 0.176 e. The summed E-state index contributed by atoms with van der Waals surface area (Å²) in [6, 6.07) is 21.7. The van der Waals surface area contributed by atoms with E-state index < -0.39 is 19.7 Å². The molecular formula is C32H27BrN4O4S2. The first-order valence-electron chi connectivity index (χ1n) is 13.1. The molecule has 4 aromatic carbocycles. The van der Waals surface area contributed by atoms with Crippen molar-refractivity contribution in [1.82, 2.24) is 19.9 Å². The van der Waals surface area contributed by atoms with E-state index in [0.717, 1.165) is 44.3 Å². The fourth-order valence-electron chi connectivity index (χ4n) is 4.85. The minimum atomic E-state index is -3.31. The van der Waals surface area contributed by atoms with Crippen LogP contribution in [0.25, 0.3) is 44.3 Å². The summed E-state index contributed by atoms with van der Waals surface area (Å²) >= 11 is 3.47. The van der Waals surface area contributed by atoms with Crippen molar-refractivity contribution in [2.24, 2.45) is 0 Å². The number of hydrogen-bond acceptors (Lipinski definition) is 8. The van der Waals surface area contributed by atoms with E-state index in [1.54, 1.807) is 49.1 Å². The molecular weight excluding hydrogens is 648 g/mol. The maximum atomic E-state index is 12.1. The molecule has 0 saturated heterocycles. The fourth-order valence-corrected chi connectivity index (χ4v) is 7.12. The number of sulfone groups is 2. The highest BCUT2D eigenvalue weighted by Gasteiger charge is 2.18. The van der Waals surface area contributed by atoms with Gasteiger partial charge in [0.2, 0.25) is 0 Å². The summed E-state index contributed by atoms with van der Waals surface area (Å²) < 4.78 is 48.0. The summed E-state index contributed by atoms with van der Waals surface area (Å²) in [5, 5.41) is 0.604. The first-order chi connectivity index (χ1) is 20.5. The molecule has 0 aliphatic rings. The lowest BCUT2D eigenvalue weighted by atomic mass is 9.99. The quantitative estimate of drug-likeness (QED) is 0.188. The summed E-state index contributed by atoms with van der Waals surface area (Å²) in [6.45, 7) is 1.95. The highest BCUT2D eigenvalue weighted by atomic mass is 79.9. The highest BCUT2D eigenvalue weighted by Crippen LogP contribution is 2.34. The Balaban J connectivity index is 0.000000171. The Hall–Kier alpha value is -4.06.